The molecule has 0 fully saturated rings. The van der Waals surface area contributed by atoms with Crippen LogP contribution in [0.2, 0.25) is 0 Å². The first-order chi connectivity index (χ1) is 10.9. The maximum absolute atomic E-state index is 13.8. The number of aryl methyl sites for hydroxylation is 1. The fraction of sp³-hybridized carbons (Fsp3) is 0.250. The fourth-order valence-electron chi connectivity index (χ4n) is 2.14. The van der Waals surface area contributed by atoms with E-state index in [9.17, 15) is 14.0 Å². The molecule has 2 aromatic rings. The van der Waals surface area contributed by atoms with E-state index in [4.69, 9.17) is 10.8 Å². The van der Waals surface area contributed by atoms with Crippen LogP contribution < -0.4 is 11.1 Å². The molecule has 0 radical (unpaired) electrons. The first kappa shape index (κ1) is 17.1. The number of rotatable bonds is 6. The molecule has 4 N–H and O–H groups in total. The second-order valence-corrected chi connectivity index (χ2v) is 6.00. The number of carbonyl (C=O) groups excluding carboxylic acids is 1. The number of amides is 1. The van der Waals surface area contributed by atoms with Crippen molar-refractivity contribution >= 4 is 23.2 Å². The molecule has 2 rings (SSSR count). The molecule has 0 aliphatic heterocycles. The summed E-state index contributed by atoms with van der Waals surface area (Å²) in [5, 5.41) is 13.0. The predicted molar refractivity (Wildman–Crippen MR) is 87.0 cm³/mol. The molecule has 7 heteroatoms. The zero-order chi connectivity index (χ0) is 17.0. The molecule has 23 heavy (non-hydrogen) atoms. The Balaban J connectivity index is 2.23. The molecule has 0 aliphatic rings. The largest absolute Gasteiger partial charge is 0.480 e. The molecular formula is C16H17FN2O3S. The predicted octanol–water partition coefficient (Wildman–Crippen LogP) is 2.26. The number of carboxylic acid groups (broad SMARTS) is 1. The monoisotopic (exact) mass is 336 g/mol. The highest BCUT2D eigenvalue weighted by atomic mass is 32.1. The number of halogens is 1. The van der Waals surface area contributed by atoms with Gasteiger partial charge in [0.15, 0.2) is 0 Å². The summed E-state index contributed by atoms with van der Waals surface area (Å²) in [6.45, 7) is 1.79. The first-order valence-corrected chi connectivity index (χ1v) is 7.94. The summed E-state index contributed by atoms with van der Waals surface area (Å²) in [7, 11) is 0. The van der Waals surface area contributed by atoms with Crippen LogP contribution in [-0.2, 0) is 11.2 Å². The molecular weight excluding hydrogens is 319 g/mol. The highest BCUT2D eigenvalue weighted by Crippen LogP contribution is 2.30. The van der Waals surface area contributed by atoms with Crippen LogP contribution in [0.5, 0.6) is 0 Å². The summed E-state index contributed by atoms with van der Waals surface area (Å²) >= 11 is 1.58. The van der Waals surface area contributed by atoms with Crippen LogP contribution in [0.15, 0.2) is 29.6 Å². The van der Waals surface area contributed by atoms with Gasteiger partial charge >= 0.3 is 5.97 Å². The van der Waals surface area contributed by atoms with E-state index in [-0.39, 0.29) is 12.1 Å². The molecule has 1 heterocycles. The summed E-state index contributed by atoms with van der Waals surface area (Å²) < 4.78 is 13.8. The van der Waals surface area contributed by atoms with Crippen LogP contribution in [0.4, 0.5) is 4.39 Å². The average Bonchev–Trinajstić information content (AvgIpc) is 3.00. The lowest BCUT2D eigenvalue weighted by Crippen LogP contribution is -2.42. The average molecular weight is 336 g/mol. The van der Waals surface area contributed by atoms with Crippen LogP contribution in [0.3, 0.4) is 0 Å². The van der Waals surface area contributed by atoms with E-state index < -0.39 is 23.7 Å². The molecule has 1 aromatic heterocycles. The molecule has 0 spiro atoms. The number of carboxylic acids is 1. The van der Waals surface area contributed by atoms with Gasteiger partial charge in [-0.05, 0) is 47.2 Å². The van der Waals surface area contributed by atoms with Gasteiger partial charge in [-0.25, -0.2) is 4.39 Å². The van der Waals surface area contributed by atoms with E-state index in [0.29, 0.717) is 5.56 Å². The molecule has 1 aromatic carbocycles. The lowest BCUT2D eigenvalue weighted by atomic mass is 10.0. The molecule has 1 amide bonds. The molecule has 122 valence electrons. The van der Waals surface area contributed by atoms with Crippen LogP contribution in [0.1, 0.15) is 22.2 Å². The van der Waals surface area contributed by atoms with Crippen LogP contribution in [0, 0.1) is 5.82 Å². The summed E-state index contributed by atoms with van der Waals surface area (Å²) in [5.74, 6) is -2.30. The van der Waals surface area contributed by atoms with Crippen molar-refractivity contribution in [2.75, 3.05) is 6.54 Å². The summed E-state index contributed by atoms with van der Waals surface area (Å²) in [6.07, 6.45) is 0.818. The number of thiophene rings is 1. The smallest absolute Gasteiger partial charge is 0.322 e. The molecule has 0 saturated carbocycles. The Morgan fingerprint density at radius 2 is 2.13 bits per heavy atom. The number of carbonyl (C=O) groups is 2. The standard InChI is InChI=1S/C16H17FN2O3S/c1-2-14-12(3-4-23-14)9-5-10(7-11(17)6-9)15(20)19-8-13(18)16(21)22/h3-7,13H,2,8,18H2,1H3,(H,19,20)(H,21,22)/t13-/m1/s1. The zero-order valence-corrected chi connectivity index (χ0v) is 13.3. The minimum absolute atomic E-state index is 0.130. The van der Waals surface area contributed by atoms with Crippen molar-refractivity contribution < 1.29 is 19.1 Å². The number of nitrogens with one attached hydrogen (secondary N) is 1. The Kier molecular flexibility index (Phi) is 5.46. The number of hydrogen-bond acceptors (Lipinski definition) is 4. The summed E-state index contributed by atoms with van der Waals surface area (Å²) in [5.41, 5.74) is 6.98. The first-order valence-electron chi connectivity index (χ1n) is 7.06. The Hall–Kier alpha value is -2.25. The van der Waals surface area contributed by atoms with E-state index in [1.54, 1.807) is 17.4 Å². The maximum atomic E-state index is 13.8. The van der Waals surface area contributed by atoms with Crippen LogP contribution >= 0.6 is 11.3 Å². The van der Waals surface area contributed by atoms with Gasteiger partial charge in [0, 0.05) is 17.0 Å². The Labute approximate surface area is 136 Å². The Morgan fingerprint density at radius 1 is 1.39 bits per heavy atom. The van der Waals surface area contributed by atoms with Crippen LogP contribution in [-0.4, -0.2) is 29.6 Å². The van der Waals surface area contributed by atoms with Crippen molar-refractivity contribution in [3.05, 3.63) is 45.9 Å². The number of benzene rings is 1. The van der Waals surface area contributed by atoms with Crippen LogP contribution in [0.25, 0.3) is 11.1 Å². The van der Waals surface area contributed by atoms with E-state index in [1.165, 1.54) is 6.07 Å². The van der Waals surface area contributed by atoms with E-state index >= 15 is 0 Å². The minimum Gasteiger partial charge on any atom is -0.480 e. The second kappa shape index (κ2) is 7.34. The maximum Gasteiger partial charge on any atom is 0.322 e. The normalized spacial score (nSPS) is 12.0. The molecule has 0 unspecified atom stereocenters. The van der Waals surface area contributed by atoms with Crippen molar-refractivity contribution in [3.63, 3.8) is 0 Å². The number of hydrogen-bond donors (Lipinski definition) is 3. The van der Waals surface area contributed by atoms with Gasteiger partial charge in [0.25, 0.3) is 5.91 Å². The Bertz CT molecular complexity index is 730. The van der Waals surface area contributed by atoms with Gasteiger partial charge in [0.05, 0.1) is 0 Å². The van der Waals surface area contributed by atoms with Gasteiger partial charge in [-0.2, -0.15) is 0 Å². The van der Waals surface area contributed by atoms with Gasteiger partial charge < -0.3 is 16.2 Å². The third-order valence-electron chi connectivity index (χ3n) is 3.34. The van der Waals surface area contributed by atoms with Crippen molar-refractivity contribution in [2.24, 2.45) is 5.73 Å². The third kappa shape index (κ3) is 4.14. The van der Waals surface area contributed by atoms with Crippen molar-refractivity contribution in [2.45, 2.75) is 19.4 Å². The van der Waals surface area contributed by atoms with Crippen molar-refractivity contribution in [1.82, 2.24) is 5.32 Å². The quantitative estimate of drug-likeness (QED) is 0.754. The van der Waals surface area contributed by atoms with Gasteiger partial charge in [-0.3, -0.25) is 9.59 Å². The fourth-order valence-corrected chi connectivity index (χ4v) is 2.99. The lowest BCUT2D eigenvalue weighted by Gasteiger charge is -2.10. The SMILES string of the molecule is CCc1sccc1-c1cc(F)cc(C(=O)NC[C@@H](N)C(=O)O)c1. The van der Waals surface area contributed by atoms with Gasteiger partial charge in [-0.1, -0.05) is 6.92 Å². The van der Waals surface area contributed by atoms with Crippen molar-refractivity contribution in [1.29, 1.82) is 0 Å². The molecule has 0 bridgehead atoms. The van der Waals surface area contributed by atoms with E-state index in [2.05, 4.69) is 5.32 Å². The summed E-state index contributed by atoms with van der Waals surface area (Å²) in [6, 6.07) is 4.77. The topological polar surface area (TPSA) is 92.4 Å². The van der Waals surface area contributed by atoms with Gasteiger partial charge in [0.1, 0.15) is 11.9 Å². The third-order valence-corrected chi connectivity index (χ3v) is 4.40. The lowest BCUT2D eigenvalue weighted by molar-refractivity contribution is -0.138. The number of nitrogens with two attached hydrogens (primary N) is 1. The molecule has 1 atom stereocenters. The highest BCUT2D eigenvalue weighted by Gasteiger charge is 2.15. The zero-order valence-electron chi connectivity index (χ0n) is 12.5. The summed E-state index contributed by atoms with van der Waals surface area (Å²) in [4.78, 5) is 23.8. The molecule has 0 aliphatic carbocycles. The van der Waals surface area contributed by atoms with E-state index in [1.807, 2.05) is 18.4 Å². The van der Waals surface area contributed by atoms with Gasteiger partial charge in [0.2, 0.25) is 0 Å². The van der Waals surface area contributed by atoms with E-state index in [0.717, 1.165) is 22.9 Å². The van der Waals surface area contributed by atoms with Crippen molar-refractivity contribution in [3.8, 4) is 11.1 Å². The molecule has 0 saturated heterocycles. The van der Waals surface area contributed by atoms with Gasteiger partial charge in [-0.15, -0.1) is 11.3 Å². The Morgan fingerprint density at radius 3 is 2.78 bits per heavy atom. The number of aliphatic carboxylic acids is 1. The second-order valence-electron chi connectivity index (χ2n) is 4.99. The minimum atomic E-state index is -1.21. The molecule has 5 nitrogen and oxygen atoms in total. The highest BCUT2D eigenvalue weighted by molar-refractivity contribution is 7.10.